The Morgan fingerprint density at radius 2 is 2.00 bits per heavy atom. The Morgan fingerprint density at radius 3 is 2.72 bits per heavy atom. The van der Waals surface area contributed by atoms with Gasteiger partial charge in [0.05, 0.1) is 0 Å². The first-order valence-corrected chi connectivity index (χ1v) is 6.47. The summed E-state index contributed by atoms with van der Waals surface area (Å²) >= 11 is 0. The molecule has 1 saturated heterocycles. The van der Waals surface area contributed by atoms with Crippen molar-refractivity contribution in [1.29, 1.82) is 0 Å². The van der Waals surface area contributed by atoms with Gasteiger partial charge < -0.3 is 10.4 Å². The monoisotopic (exact) mass is 248 g/mol. The number of nitrogens with zero attached hydrogens (tertiary/aromatic N) is 1. The van der Waals surface area contributed by atoms with E-state index in [0.29, 0.717) is 6.42 Å². The molecular formula is C14H20N2O2. The third-order valence-electron chi connectivity index (χ3n) is 3.23. The zero-order valence-corrected chi connectivity index (χ0v) is 10.6. The first-order chi connectivity index (χ1) is 8.74. The number of aryl methyl sites for hydroxylation is 1. The lowest BCUT2D eigenvalue weighted by atomic mass is 10.1. The van der Waals surface area contributed by atoms with Crippen molar-refractivity contribution in [2.75, 3.05) is 26.2 Å². The fourth-order valence-corrected chi connectivity index (χ4v) is 2.26. The minimum Gasteiger partial charge on any atom is -0.481 e. The smallest absolute Gasteiger partial charge is 0.303 e. The van der Waals surface area contributed by atoms with Crippen LogP contribution in [-0.2, 0) is 17.8 Å². The molecule has 0 bridgehead atoms. The number of nitrogens with one attached hydrogen (secondary N) is 1. The van der Waals surface area contributed by atoms with Crippen LogP contribution in [0.25, 0.3) is 0 Å². The van der Waals surface area contributed by atoms with Crippen molar-refractivity contribution in [3.05, 3.63) is 35.4 Å². The summed E-state index contributed by atoms with van der Waals surface area (Å²) in [5, 5.41) is 12.0. The number of hydrogen-bond donors (Lipinski definition) is 2. The molecule has 4 nitrogen and oxygen atoms in total. The zero-order chi connectivity index (χ0) is 12.8. The molecule has 0 atom stereocenters. The van der Waals surface area contributed by atoms with Crippen LogP contribution in [0.2, 0.25) is 0 Å². The predicted molar refractivity (Wildman–Crippen MR) is 70.5 cm³/mol. The molecule has 0 amide bonds. The van der Waals surface area contributed by atoms with E-state index in [-0.39, 0.29) is 6.42 Å². The Hall–Kier alpha value is -1.39. The minimum absolute atomic E-state index is 0.205. The van der Waals surface area contributed by atoms with E-state index in [1.807, 2.05) is 12.1 Å². The summed E-state index contributed by atoms with van der Waals surface area (Å²) in [6, 6.07) is 8.27. The van der Waals surface area contributed by atoms with Gasteiger partial charge in [0.15, 0.2) is 0 Å². The largest absolute Gasteiger partial charge is 0.481 e. The quantitative estimate of drug-likeness (QED) is 0.819. The van der Waals surface area contributed by atoms with Crippen molar-refractivity contribution >= 4 is 5.97 Å². The van der Waals surface area contributed by atoms with E-state index >= 15 is 0 Å². The molecule has 2 rings (SSSR count). The zero-order valence-electron chi connectivity index (χ0n) is 10.6. The molecule has 0 saturated carbocycles. The second-order valence-electron chi connectivity index (χ2n) is 4.74. The summed E-state index contributed by atoms with van der Waals surface area (Å²) in [4.78, 5) is 13.0. The van der Waals surface area contributed by atoms with Crippen LogP contribution in [0.15, 0.2) is 24.3 Å². The summed E-state index contributed by atoms with van der Waals surface area (Å²) in [7, 11) is 0. The third-order valence-corrected chi connectivity index (χ3v) is 3.23. The number of carboxylic acids is 1. The van der Waals surface area contributed by atoms with Crippen molar-refractivity contribution in [2.24, 2.45) is 0 Å². The number of benzene rings is 1. The van der Waals surface area contributed by atoms with Crippen molar-refractivity contribution in [3.8, 4) is 0 Å². The second-order valence-corrected chi connectivity index (χ2v) is 4.74. The summed E-state index contributed by atoms with van der Waals surface area (Å²) in [5.41, 5.74) is 2.39. The van der Waals surface area contributed by atoms with Gasteiger partial charge in [-0.05, 0) is 17.5 Å². The lowest BCUT2D eigenvalue weighted by Gasteiger charge is -2.27. The van der Waals surface area contributed by atoms with E-state index in [0.717, 1.165) is 38.3 Å². The van der Waals surface area contributed by atoms with Crippen LogP contribution in [0.5, 0.6) is 0 Å². The highest BCUT2D eigenvalue weighted by Crippen LogP contribution is 2.10. The van der Waals surface area contributed by atoms with Gasteiger partial charge in [-0.1, -0.05) is 24.3 Å². The molecule has 1 aromatic rings. The molecule has 1 fully saturated rings. The molecular weight excluding hydrogens is 228 g/mol. The Kier molecular flexibility index (Phi) is 4.73. The maximum absolute atomic E-state index is 10.6. The number of hydrogen-bond acceptors (Lipinski definition) is 3. The molecule has 0 spiro atoms. The van der Waals surface area contributed by atoms with Crippen LogP contribution < -0.4 is 5.32 Å². The van der Waals surface area contributed by atoms with Gasteiger partial charge in [-0.15, -0.1) is 0 Å². The molecule has 0 unspecified atom stereocenters. The maximum Gasteiger partial charge on any atom is 0.303 e. The van der Waals surface area contributed by atoms with Gasteiger partial charge in [0.25, 0.3) is 0 Å². The van der Waals surface area contributed by atoms with E-state index in [2.05, 4.69) is 22.3 Å². The van der Waals surface area contributed by atoms with Crippen LogP contribution in [0.1, 0.15) is 17.5 Å². The molecule has 2 N–H and O–H groups in total. The fourth-order valence-electron chi connectivity index (χ4n) is 2.26. The topological polar surface area (TPSA) is 52.6 Å². The standard InChI is InChI=1S/C14H20N2O2/c17-14(18)5-4-12-2-1-3-13(10-12)11-16-8-6-15-7-9-16/h1-3,10,15H,4-9,11H2,(H,17,18). The number of carbonyl (C=O) groups is 1. The lowest BCUT2D eigenvalue weighted by molar-refractivity contribution is -0.136. The van der Waals surface area contributed by atoms with Gasteiger partial charge in [-0.3, -0.25) is 9.69 Å². The van der Waals surface area contributed by atoms with Crippen molar-refractivity contribution in [2.45, 2.75) is 19.4 Å². The van der Waals surface area contributed by atoms with Gasteiger partial charge in [-0.25, -0.2) is 0 Å². The highest BCUT2D eigenvalue weighted by Gasteiger charge is 2.10. The summed E-state index contributed by atoms with van der Waals surface area (Å²) < 4.78 is 0. The van der Waals surface area contributed by atoms with E-state index < -0.39 is 5.97 Å². The molecule has 0 aliphatic carbocycles. The molecule has 0 radical (unpaired) electrons. The average Bonchev–Trinajstić information content (AvgIpc) is 2.38. The SMILES string of the molecule is O=C(O)CCc1cccc(CN2CCNCC2)c1. The third kappa shape index (κ3) is 4.13. The Bertz CT molecular complexity index is 401. The molecule has 1 heterocycles. The molecule has 4 heteroatoms. The maximum atomic E-state index is 10.6. The first kappa shape index (κ1) is 13.1. The Balaban J connectivity index is 1.91. The van der Waals surface area contributed by atoms with Crippen LogP contribution >= 0.6 is 0 Å². The van der Waals surface area contributed by atoms with E-state index in [1.165, 1.54) is 5.56 Å². The highest BCUT2D eigenvalue weighted by molar-refractivity contribution is 5.67. The van der Waals surface area contributed by atoms with Gasteiger partial charge in [-0.2, -0.15) is 0 Å². The molecule has 1 aliphatic heterocycles. The van der Waals surface area contributed by atoms with Crippen molar-refractivity contribution in [3.63, 3.8) is 0 Å². The van der Waals surface area contributed by atoms with E-state index in [1.54, 1.807) is 0 Å². The van der Waals surface area contributed by atoms with E-state index in [4.69, 9.17) is 5.11 Å². The normalized spacial score (nSPS) is 16.7. The van der Waals surface area contributed by atoms with Crippen LogP contribution in [-0.4, -0.2) is 42.2 Å². The fraction of sp³-hybridized carbons (Fsp3) is 0.500. The van der Waals surface area contributed by atoms with Gasteiger partial charge in [0.2, 0.25) is 0 Å². The lowest BCUT2D eigenvalue weighted by Crippen LogP contribution is -2.42. The van der Waals surface area contributed by atoms with E-state index in [9.17, 15) is 4.79 Å². The van der Waals surface area contributed by atoms with Crippen LogP contribution in [0, 0.1) is 0 Å². The summed E-state index contributed by atoms with van der Waals surface area (Å²) in [6.45, 7) is 5.23. The molecule has 1 aliphatic rings. The van der Waals surface area contributed by atoms with Crippen LogP contribution in [0.3, 0.4) is 0 Å². The molecule has 18 heavy (non-hydrogen) atoms. The molecule has 1 aromatic carbocycles. The second kappa shape index (κ2) is 6.52. The Labute approximate surface area is 108 Å². The number of aliphatic carboxylic acids is 1. The first-order valence-electron chi connectivity index (χ1n) is 6.47. The number of rotatable bonds is 5. The highest BCUT2D eigenvalue weighted by atomic mass is 16.4. The van der Waals surface area contributed by atoms with Gasteiger partial charge >= 0.3 is 5.97 Å². The van der Waals surface area contributed by atoms with Crippen molar-refractivity contribution in [1.82, 2.24) is 10.2 Å². The summed E-state index contributed by atoms with van der Waals surface area (Å²) in [6.07, 6.45) is 0.821. The van der Waals surface area contributed by atoms with Crippen LogP contribution in [0.4, 0.5) is 0 Å². The molecule has 0 aromatic heterocycles. The Morgan fingerprint density at radius 1 is 1.28 bits per heavy atom. The van der Waals surface area contributed by atoms with Gasteiger partial charge in [0, 0.05) is 39.1 Å². The molecule has 98 valence electrons. The summed E-state index contributed by atoms with van der Waals surface area (Å²) in [5.74, 6) is -0.734. The number of piperazine rings is 1. The van der Waals surface area contributed by atoms with Crippen molar-refractivity contribution < 1.29 is 9.90 Å². The minimum atomic E-state index is -0.734. The van der Waals surface area contributed by atoms with Gasteiger partial charge in [0.1, 0.15) is 0 Å². The average molecular weight is 248 g/mol. The number of carboxylic acid groups (broad SMARTS) is 1. The predicted octanol–water partition coefficient (Wildman–Crippen LogP) is 1.11.